The van der Waals surface area contributed by atoms with Crippen LogP contribution in [0.15, 0.2) is 12.3 Å². The van der Waals surface area contributed by atoms with Crippen molar-refractivity contribution in [3.05, 3.63) is 28.1 Å². The van der Waals surface area contributed by atoms with Crippen molar-refractivity contribution in [2.45, 2.75) is 45.2 Å². The molecule has 1 aromatic rings. The minimum absolute atomic E-state index is 0.0554. The quantitative estimate of drug-likeness (QED) is 0.638. The fourth-order valence-electron chi connectivity index (χ4n) is 2.91. The number of nitrogens with one attached hydrogen (secondary N) is 1. The molecule has 116 valence electrons. The maximum Gasteiger partial charge on any atom is 0.287 e. The van der Waals surface area contributed by atoms with Gasteiger partial charge in [0.15, 0.2) is 0 Å². The van der Waals surface area contributed by atoms with Crippen LogP contribution in [-0.4, -0.2) is 33.2 Å². The third-order valence-electron chi connectivity index (χ3n) is 4.13. The summed E-state index contributed by atoms with van der Waals surface area (Å²) < 4.78 is 1.57. The lowest BCUT2D eigenvalue weighted by molar-refractivity contribution is -0.384. The molecule has 1 aliphatic carbocycles. The van der Waals surface area contributed by atoms with Gasteiger partial charge in [0.2, 0.25) is 0 Å². The predicted octanol–water partition coefficient (Wildman–Crippen LogP) is 1.70. The SMILES string of the molecule is CCn1cc([N+](=O)[O-])cc1C(=O)NC1CCCCC1CO. The Balaban J connectivity index is 2.14. The maximum absolute atomic E-state index is 12.4. The Morgan fingerprint density at radius 2 is 2.24 bits per heavy atom. The van der Waals surface area contributed by atoms with Crippen LogP contribution in [0.25, 0.3) is 0 Å². The van der Waals surface area contributed by atoms with Gasteiger partial charge in [0.05, 0.1) is 11.1 Å². The third-order valence-corrected chi connectivity index (χ3v) is 4.13. The second kappa shape index (κ2) is 6.71. The van der Waals surface area contributed by atoms with Crippen LogP contribution in [0.1, 0.15) is 43.1 Å². The highest BCUT2D eigenvalue weighted by atomic mass is 16.6. The van der Waals surface area contributed by atoms with E-state index in [1.54, 1.807) is 4.57 Å². The summed E-state index contributed by atoms with van der Waals surface area (Å²) in [6, 6.07) is 1.24. The highest BCUT2D eigenvalue weighted by Gasteiger charge is 2.27. The van der Waals surface area contributed by atoms with E-state index in [0.29, 0.717) is 12.2 Å². The molecule has 2 rings (SSSR count). The van der Waals surface area contributed by atoms with Crippen molar-refractivity contribution >= 4 is 11.6 Å². The lowest BCUT2D eigenvalue weighted by atomic mass is 9.85. The second-order valence-corrected chi connectivity index (χ2v) is 5.43. The zero-order valence-electron chi connectivity index (χ0n) is 12.1. The molecule has 1 aliphatic rings. The number of aliphatic hydroxyl groups is 1. The van der Waals surface area contributed by atoms with Gasteiger partial charge >= 0.3 is 0 Å². The Hall–Kier alpha value is -1.89. The Morgan fingerprint density at radius 3 is 2.86 bits per heavy atom. The standard InChI is InChI=1S/C14H21N3O4/c1-2-16-8-11(17(20)21)7-13(16)14(19)15-12-6-4-3-5-10(12)9-18/h7-8,10,12,18H,2-6,9H2,1H3,(H,15,19). The van der Waals surface area contributed by atoms with Crippen LogP contribution in [0, 0.1) is 16.0 Å². The van der Waals surface area contributed by atoms with Crippen molar-refractivity contribution in [2.75, 3.05) is 6.61 Å². The van der Waals surface area contributed by atoms with E-state index in [1.807, 2.05) is 6.92 Å². The van der Waals surface area contributed by atoms with Crippen LogP contribution in [0.3, 0.4) is 0 Å². The predicted molar refractivity (Wildman–Crippen MR) is 77.1 cm³/mol. The molecular formula is C14H21N3O4. The lowest BCUT2D eigenvalue weighted by Crippen LogP contribution is -2.43. The Labute approximate surface area is 123 Å². The number of rotatable bonds is 5. The van der Waals surface area contributed by atoms with Crippen molar-refractivity contribution < 1.29 is 14.8 Å². The lowest BCUT2D eigenvalue weighted by Gasteiger charge is -2.30. The molecule has 7 heteroatoms. The normalized spacial score (nSPS) is 22.0. The molecule has 7 nitrogen and oxygen atoms in total. The van der Waals surface area contributed by atoms with Gasteiger partial charge < -0.3 is 15.0 Å². The number of aliphatic hydroxyl groups excluding tert-OH is 1. The van der Waals surface area contributed by atoms with Crippen LogP contribution < -0.4 is 5.32 Å². The number of carbonyl (C=O) groups is 1. The van der Waals surface area contributed by atoms with Gasteiger partial charge in [-0.3, -0.25) is 14.9 Å². The first-order chi connectivity index (χ1) is 10.1. The molecule has 1 saturated carbocycles. The monoisotopic (exact) mass is 295 g/mol. The average molecular weight is 295 g/mol. The van der Waals surface area contributed by atoms with Crippen molar-refractivity contribution in [1.82, 2.24) is 9.88 Å². The van der Waals surface area contributed by atoms with E-state index in [1.165, 1.54) is 12.3 Å². The minimum atomic E-state index is -0.500. The van der Waals surface area contributed by atoms with E-state index in [9.17, 15) is 20.0 Å². The fraction of sp³-hybridized carbons (Fsp3) is 0.643. The van der Waals surface area contributed by atoms with Crippen LogP contribution in [0.2, 0.25) is 0 Å². The van der Waals surface area contributed by atoms with Crippen LogP contribution >= 0.6 is 0 Å². The Bertz CT molecular complexity index is 526. The average Bonchev–Trinajstić information content (AvgIpc) is 2.92. The highest BCUT2D eigenvalue weighted by Crippen LogP contribution is 2.25. The van der Waals surface area contributed by atoms with E-state index < -0.39 is 4.92 Å². The molecule has 1 heterocycles. The summed E-state index contributed by atoms with van der Waals surface area (Å²) >= 11 is 0. The molecule has 2 N–H and O–H groups in total. The Kier molecular flexibility index (Phi) is 4.95. The molecule has 21 heavy (non-hydrogen) atoms. The molecule has 1 aromatic heterocycles. The van der Waals surface area contributed by atoms with Gasteiger partial charge in [0.1, 0.15) is 5.69 Å². The third kappa shape index (κ3) is 3.41. The molecule has 0 spiro atoms. The molecule has 0 bridgehead atoms. The molecule has 2 unspecified atom stereocenters. The molecule has 0 aromatic carbocycles. The number of hydrogen-bond donors (Lipinski definition) is 2. The van der Waals surface area contributed by atoms with Crippen molar-refractivity contribution in [3.63, 3.8) is 0 Å². The molecule has 0 saturated heterocycles. The zero-order valence-corrected chi connectivity index (χ0v) is 12.1. The van der Waals surface area contributed by atoms with Crippen molar-refractivity contribution in [1.29, 1.82) is 0 Å². The second-order valence-electron chi connectivity index (χ2n) is 5.43. The summed E-state index contributed by atoms with van der Waals surface area (Å²) in [5, 5.41) is 23.1. The number of carbonyl (C=O) groups excluding carboxylic acids is 1. The smallest absolute Gasteiger partial charge is 0.287 e. The minimum Gasteiger partial charge on any atom is -0.396 e. The number of nitrogens with zero attached hydrogens (tertiary/aromatic N) is 2. The summed E-state index contributed by atoms with van der Waals surface area (Å²) in [4.78, 5) is 22.7. The van der Waals surface area contributed by atoms with Crippen LogP contribution in [-0.2, 0) is 6.54 Å². The van der Waals surface area contributed by atoms with Crippen molar-refractivity contribution in [3.8, 4) is 0 Å². The van der Waals surface area contributed by atoms with E-state index >= 15 is 0 Å². The first-order valence-electron chi connectivity index (χ1n) is 7.33. The maximum atomic E-state index is 12.4. The molecule has 1 amide bonds. The number of amides is 1. The molecule has 0 aliphatic heterocycles. The van der Waals surface area contributed by atoms with Gasteiger partial charge in [-0.15, -0.1) is 0 Å². The number of hydrogen-bond acceptors (Lipinski definition) is 4. The summed E-state index contributed by atoms with van der Waals surface area (Å²) in [5.41, 5.74) is 0.218. The molecule has 2 atom stereocenters. The van der Waals surface area contributed by atoms with Gasteiger partial charge in [0.25, 0.3) is 11.6 Å². The number of nitro groups is 1. The van der Waals surface area contributed by atoms with Crippen LogP contribution in [0.5, 0.6) is 0 Å². The topological polar surface area (TPSA) is 97.4 Å². The van der Waals surface area contributed by atoms with E-state index in [2.05, 4.69) is 5.32 Å². The number of aryl methyl sites for hydroxylation is 1. The summed E-state index contributed by atoms with van der Waals surface area (Å²) in [5.74, 6) is -0.238. The highest BCUT2D eigenvalue weighted by molar-refractivity contribution is 5.93. The largest absolute Gasteiger partial charge is 0.396 e. The molecular weight excluding hydrogens is 274 g/mol. The van der Waals surface area contributed by atoms with Gasteiger partial charge in [-0.05, 0) is 19.8 Å². The Morgan fingerprint density at radius 1 is 1.52 bits per heavy atom. The van der Waals surface area contributed by atoms with Gasteiger partial charge in [-0.2, -0.15) is 0 Å². The van der Waals surface area contributed by atoms with Gasteiger partial charge in [-0.1, -0.05) is 12.8 Å². The first kappa shape index (κ1) is 15.5. The number of aromatic nitrogens is 1. The summed E-state index contributed by atoms with van der Waals surface area (Å²) in [6.45, 7) is 2.38. The van der Waals surface area contributed by atoms with Gasteiger partial charge in [0, 0.05) is 31.2 Å². The van der Waals surface area contributed by atoms with Crippen LogP contribution in [0.4, 0.5) is 5.69 Å². The van der Waals surface area contributed by atoms with E-state index in [4.69, 9.17) is 0 Å². The van der Waals surface area contributed by atoms with Gasteiger partial charge in [-0.25, -0.2) is 0 Å². The summed E-state index contributed by atoms with van der Waals surface area (Å²) in [7, 11) is 0. The van der Waals surface area contributed by atoms with E-state index in [0.717, 1.165) is 25.7 Å². The van der Waals surface area contributed by atoms with E-state index in [-0.39, 0.29) is 30.2 Å². The summed E-state index contributed by atoms with van der Waals surface area (Å²) in [6.07, 6.45) is 5.20. The van der Waals surface area contributed by atoms with Crippen molar-refractivity contribution in [2.24, 2.45) is 5.92 Å². The first-order valence-corrected chi connectivity index (χ1v) is 7.33. The fourth-order valence-corrected chi connectivity index (χ4v) is 2.91. The molecule has 1 fully saturated rings. The zero-order chi connectivity index (χ0) is 15.4. The molecule has 0 radical (unpaired) electrons.